The lowest BCUT2D eigenvalue weighted by Gasteiger charge is -2.23. The molecule has 2 N–H and O–H groups in total. The van der Waals surface area contributed by atoms with Crippen molar-refractivity contribution in [3.8, 4) is 0 Å². The molecule has 21 heavy (non-hydrogen) atoms. The predicted molar refractivity (Wildman–Crippen MR) is 77.2 cm³/mol. The zero-order valence-electron chi connectivity index (χ0n) is 11.9. The van der Waals surface area contributed by atoms with E-state index in [1.807, 2.05) is 19.1 Å². The largest absolute Gasteiger partial charge is 0.462 e. The summed E-state index contributed by atoms with van der Waals surface area (Å²) in [4.78, 5) is 11.4. The molecular formula is C16H17F2NO2. The molecule has 0 bridgehead atoms. The number of fused-ring (bicyclic) bond motifs is 1. The van der Waals surface area contributed by atoms with E-state index >= 15 is 0 Å². The summed E-state index contributed by atoms with van der Waals surface area (Å²) in [6, 6.07) is 8.65. The van der Waals surface area contributed by atoms with Crippen molar-refractivity contribution in [2.45, 2.75) is 25.8 Å². The number of esters is 1. The van der Waals surface area contributed by atoms with Crippen LogP contribution >= 0.6 is 0 Å². The van der Waals surface area contributed by atoms with Crippen LogP contribution in [-0.2, 0) is 9.53 Å². The van der Waals surface area contributed by atoms with Crippen molar-refractivity contribution < 1.29 is 18.3 Å². The van der Waals surface area contributed by atoms with Crippen molar-refractivity contribution in [1.82, 2.24) is 0 Å². The molecule has 0 saturated carbocycles. The third kappa shape index (κ3) is 2.74. The Balaban J connectivity index is 2.51. The van der Waals surface area contributed by atoms with Crippen molar-refractivity contribution >= 4 is 16.7 Å². The van der Waals surface area contributed by atoms with E-state index in [0.717, 1.165) is 10.9 Å². The molecule has 2 aromatic carbocycles. The van der Waals surface area contributed by atoms with Gasteiger partial charge in [-0.25, -0.2) is 4.79 Å². The van der Waals surface area contributed by atoms with Gasteiger partial charge in [-0.2, -0.15) is 8.78 Å². The van der Waals surface area contributed by atoms with Crippen LogP contribution in [0, 0.1) is 6.92 Å². The Kier molecular flexibility index (Phi) is 4.23. The summed E-state index contributed by atoms with van der Waals surface area (Å²) in [6.45, 7) is 3.25. The summed E-state index contributed by atoms with van der Waals surface area (Å²) in [5, 5.41) is 1.46. The molecule has 2 aromatic rings. The van der Waals surface area contributed by atoms with Crippen LogP contribution in [0.3, 0.4) is 0 Å². The smallest absolute Gasteiger partial charge is 0.379 e. The van der Waals surface area contributed by atoms with Crippen molar-refractivity contribution in [3.05, 3.63) is 47.5 Å². The lowest BCUT2D eigenvalue weighted by Crippen LogP contribution is -2.41. The number of ether oxygens (including phenoxy) is 1. The van der Waals surface area contributed by atoms with Crippen LogP contribution in [0.5, 0.6) is 0 Å². The Morgan fingerprint density at radius 3 is 2.48 bits per heavy atom. The minimum absolute atomic E-state index is 0.115. The van der Waals surface area contributed by atoms with Gasteiger partial charge in [0.15, 0.2) is 0 Å². The number of carbonyl (C=O) groups is 1. The van der Waals surface area contributed by atoms with E-state index in [1.54, 1.807) is 18.2 Å². The van der Waals surface area contributed by atoms with E-state index in [-0.39, 0.29) is 12.2 Å². The van der Waals surface area contributed by atoms with Gasteiger partial charge in [-0.3, -0.25) is 0 Å². The van der Waals surface area contributed by atoms with Crippen molar-refractivity contribution in [2.24, 2.45) is 5.73 Å². The maximum atomic E-state index is 14.1. The molecule has 0 aliphatic heterocycles. The maximum absolute atomic E-state index is 14.1. The molecule has 0 aliphatic rings. The molecule has 0 radical (unpaired) electrons. The van der Waals surface area contributed by atoms with E-state index < -0.39 is 17.9 Å². The monoisotopic (exact) mass is 293 g/mol. The van der Waals surface area contributed by atoms with Gasteiger partial charge in [-0.15, -0.1) is 0 Å². The van der Waals surface area contributed by atoms with Gasteiger partial charge in [-0.05, 0) is 35.7 Å². The number of hydrogen-bond donors (Lipinski definition) is 1. The molecule has 0 spiro atoms. The minimum atomic E-state index is -3.77. The average molecular weight is 293 g/mol. The van der Waals surface area contributed by atoms with Crippen LogP contribution in [0.2, 0.25) is 0 Å². The topological polar surface area (TPSA) is 52.3 Å². The summed E-state index contributed by atoms with van der Waals surface area (Å²) < 4.78 is 32.6. The number of hydrogen-bond acceptors (Lipinski definition) is 3. The zero-order valence-corrected chi connectivity index (χ0v) is 11.9. The summed E-state index contributed by atoms with van der Waals surface area (Å²) in [5.41, 5.74) is 6.86. The number of halogens is 2. The Hall–Kier alpha value is -2.01. The summed E-state index contributed by atoms with van der Waals surface area (Å²) in [5.74, 6) is -5.37. The van der Waals surface area contributed by atoms with Gasteiger partial charge in [0, 0.05) is 0 Å². The maximum Gasteiger partial charge on any atom is 0.379 e. The number of nitrogens with two attached hydrogens (primary N) is 1. The van der Waals surface area contributed by atoms with Gasteiger partial charge in [0.2, 0.25) is 0 Å². The summed E-state index contributed by atoms with van der Waals surface area (Å²) in [6.07, 6.45) is 0. The van der Waals surface area contributed by atoms with Crippen molar-refractivity contribution in [1.29, 1.82) is 0 Å². The summed E-state index contributed by atoms with van der Waals surface area (Å²) >= 11 is 0. The van der Waals surface area contributed by atoms with Gasteiger partial charge >= 0.3 is 11.9 Å². The highest BCUT2D eigenvalue weighted by molar-refractivity contribution is 5.90. The zero-order chi connectivity index (χ0) is 15.6. The molecule has 5 heteroatoms. The fourth-order valence-electron chi connectivity index (χ4n) is 2.29. The molecule has 2 rings (SSSR count). The second-order valence-corrected chi connectivity index (χ2v) is 4.84. The number of alkyl halides is 2. The Labute approximate surface area is 121 Å². The molecule has 0 heterocycles. The quantitative estimate of drug-likeness (QED) is 0.880. The Morgan fingerprint density at radius 2 is 1.86 bits per heavy atom. The molecule has 3 nitrogen and oxygen atoms in total. The van der Waals surface area contributed by atoms with Gasteiger partial charge in [0.25, 0.3) is 0 Å². The molecule has 0 fully saturated rings. The lowest BCUT2D eigenvalue weighted by molar-refractivity contribution is -0.174. The first-order chi connectivity index (χ1) is 9.89. The fraction of sp³-hybridized carbons (Fsp3) is 0.312. The van der Waals surface area contributed by atoms with Gasteiger partial charge in [0.05, 0.1) is 6.61 Å². The first kappa shape index (κ1) is 15.4. The molecule has 0 aromatic heterocycles. The molecule has 0 amide bonds. The Bertz CT molecular complexity index is 670. The van der Waals surface area contributed by atoms with Crippen LogP contribution in [-0.4, -0.2) is 18.5 Å². The molecule has 0 saturated heterocycles. The third-order valence-electron chi connectivity index (χ3n) is 3.45. The molecule has 0 aliphatic carbocycles. The predicted octanol–water partition coefficient (Wildman–Crippen LogP) is 3.35. The number of benzene rings is 2. The highest BCUT2D eigenvalue weighted by Crippen LogP contribution is 2.35. The average Bonchev–Trinajstić information content (AvgIpc) is 2.47. The fourth-order valence-corrected chi connectivity index (χ4v) is 2.29. The summed E-state index contributed by atoms with van der Waals surface area (Å²) in [7, 11) is 0. The molecular weight excluding hydrogens is 276 g/mol. The highest BCUT2D eigenvalue weighted by atomic mass is 19.3. The highest BCUT2D eigenvalue weighted by Gasteiger charge is 2.48. The van der Waals surface area contributed by atoms with Gasteiger partial charge < -0.3 is 10.5 Å². The van der Waals surface area contributed by atoms with E-state index in [0.29, 0.717) is 5.39 Å². The van der Waals surface area contributed by atoms with E-state index in [1.165, 1.54) is 13.0 Å². The molecule has 112 valence electrons. The van der Waals surface area contributed by atoms with Gasteiger partial charge in [-0.1, -0.05) is 36.4 Å². The third-order valence-corrected chi connectivity index (χ3v) is 3.45. The standard InChI is InChI=1S/C16H17F2NO2/c1-3-21-15(20)16(17,18)14(19)13-9-8-10(2)11-6-4-5-7-12(11)13/h4-9,14H,3,19H2,1-2H3/t14-/m0/s1. The Morgan fingerprint density at radius 1 is 1.24 bits per heavy atom. The van der Waals surface area contributed by atoms with Crippen LogP contribution in [0.1, 0.15) is 24.1 Å². The number of aryl methyl sites for hydroxylation is 1. The van der Waals surface area contributed by atoms with Crippen LogP contribution < -0.4 is 5.73 Å². The SMILES string of the molecule is CCOC(=O)C(F)(F)[C@@H](N)c1ccc(C)c2ccccc12. The van der Waals surface area contributed by atoms with Crippen LogP contribution in [0.4, 0.5) is 8.78 Å². The van der Waals surface area contributed by atoms with Crippen LogP contribution in [0.15, 0.2) is 36.4 Å². The number of rotatable bonds is 4. The minimum Gasteiger partial charge on any atom is -0.462 e. The molecule has 1 atom stereocenters. The van der Waals surface area contributed by atoms with Crippen molar-refractivity contribution in [2.75, 3.05) is 6.61 Å². The normalized spacial score (nSPS) is 13.2. The lowest BCUT2D eigenvalue weighted by atomic mass is 9.93. The second-order valence-electron chi connectivity index (χ2n) is 4.84. The van der Waals surface area contributed by atoms with E-state index in [4.69, 9.17) is 5.73 Å². The number of carbonyl (C=O) groups excluding carboxylic acids is 1. The second kappa shape index (κ2) is 5.77. The van der Waals surface area contributed by atoms with Crippen LogP contribution in [0.25, 0.3) is 10.8 Å². The molecule has 0 unspecified atom stereocenters. The van der Waals surface area contributed by atoms with Crippen molar-refractivity contribution in [3.63, 3.8) is 0 Å². The first-order valence-electron chi connectivity index (χ1n) is 6.68. The van der Waals surface area contributed by atoms with E-state index in [2.05, 4.69) is 4.74 Å². The first-order valence-corrected chi connectivity index (χ1v) is 6.68. The van der Waals surface area contributed by atoms with E-state index in [9.17, 15) is 13.6 Å². The van der Waals surface area contributed by atoms with Gasteiger partial charge in [0.1, 0.15) is 6.04 Å².